The van der Waals surface area contributed by atoms with Crippen molar-refractivity contribution in [2.75, 3.05) is 10.7 Å². The molecule has 156 valence electrons. The third kappa shape index (κ3) is 5.54. The number of amides is 1. The third-order valence-electron chi connectivity index (χ3n) is 4.61. The van der Waals surface area contributed by atoms with Crippen molar-refractivity contribution in [2.24, 2.45) is 0 Å². The van der Waals surface area contributed by atoms with E-state index in [0.29, 0.717) is 22.7 Å². The number of halogens is 1. The average molecular weight is 450 g/mol. The maximum Gasteiger partial charge on any atom is 0.277 e. The van der Waals surface area contributed by atoms with Crippen LogP contribution in [0.4, 0.5) is 5.69 Å². The van der Waals surface area contributed by atoms with Crippen molar-refractivity contribution >= 4 is 35.0 Å². The molecule has 0 atom stereocenters. The number of rotatable bonds is 7. The summed E-state index contributed by atoms with van der Waals surface area (Å²) in [7, 11) is 0. The number of hydrogen-bond acceptors (Lipinski definition) is 5. The molecule has 1 amide bonds. The second kappa shape index (κ2) is 9.81. The van der Waals surface area contributed by atoms with Gasteiger partial charge in [0.15, 0.2) is 0 Å². The number of aromatic nitrogens is 2. The lowest BCUT2D eigenvalue weighted by Crippen LogP contribution is -2.32. The van der Waals surface area contributed by atoms with Gasteiger partial charge in [0.2, 0.25) is 11.8 Å². The molecule has 0 aliphatic carbocycles. The average Bonchev–Trinajstić information content (AvgIpc) is 3.26. The van der Waals surface area contributed by atoms with Crippen LogP contribution in [0.1, 0.15) is 11.1 Å². The van der Waals surface area contributed by atoms with Crippen LogP contribution >= 0.6 is 23.4 Å². The fourth-order valence-corrected chi connectivity index (χ4v) is 3.83. The zero-order valence-corrected chi connectivity index (χ0v) is 18.4. The molecule has 1 aromatic heterocycles. The molecule has 4 rings (SSSR count). The van der Waals surface area contributed by atoms with Crippen molar-refractivity contribution in [3.63, 3.8) is 0 Å². The van der Waals surface area contributed by atoms with E-state index >= 15 is 0 Å². The largest absolute Gasteiger partial charge is 0.411 e. The minimum atomic E-state index is -0.0364. The van der Waals surface area contributed by atoms with Crippen LogP contribution in [0.25, 0.3) is 11.5 Å². The predicted molar refractivity (Wildman–Crippen MR) is 124 cm³/mol. The zero-order chi connectivity index (χ0) is 21.6. The normalized spacial score (nSPS) is 10.8. The topological polar surface area (TPSA) is 59.2 Å². The van der Waals surface area contributed by atoms with E-state index in [4.69, 9.17) is 16.0 Å². The third-order valence-corrected chi connectivity index (χ3v) is 5.67. The van der Waals surface area contributed by atoms with Crippen molar-refractivity contribution in [1.82, 2.24) is 10.2 Å². The van der Waals surface area contributed by atoms with E-state index in [1.165, 1.54) is 11.8 Å². The van der Waals surface area contributed by atoms with E-state index in [2.05, 4.69) is 10.2 Å². The van der Waals surface area contributed by atoms with Crippen LogP contribution in [0.3, 0.4) is 0 Å². The van der Waals surface area contributed by atoms with E-state index in [1.54, 1.807) is 17.0 Å². The Balaban J connectivity index is 1.48. The first-order valence-corrected chi connectivity index (χ1v) is 11.1. The quantitative estimate of drug-likeness (QED) is 0.323. The van der Waals surface area contributed by atoms with Gasteiger partial charge in [-0.2, -0.15) is 0 Å². The molecule has 0 aliphatic heterocycles. The van der Waals surface area contributed by atoms with Gasteiger partial charge in [-0.1, -0.05) is 65.8 Å². The number of thioether (sulfide) groups is 1. The van der Waals surface area contributed by atoms with Crippen LogP contribution in [0, 0.1) is 6.92 Å². The van der Waals surface area contributed by atoms with Crippen molar-refractivity contribution in [2.45, 2.75) is 18.7 Å². The Morgan fingerprint density at radius 3 is 2.52 bits per heavy atom. The number of benzene rings is 3. The number of anilines is 1. The van der Waals surface area contributed by atoms with Crippen LogP contribution in [-0.4, -0.2) is 21.9 Å². The van der Waals surface area contributed by atoms with E-state index in [1.807, 2.05) is 73.7 Å². The van der Waals surface area contributed by atoms with Crippen molar-refractivity contribution in [3.05, 3.63) is 95.0 Å². The zero-order valence-electron chi connectivity index (χ0n) is 16.9. The molecular formula is C24H20ClN3O2S. The molecule has 0 spiro atoms. The molecule has 0 radical (unpaired) electrons. The summed E-state index contributed by atoms with van der Waals surface area (Å²) in [6.07, 6.45) is 0. The summed E-state index contributed by atoms with van der Waals surface area (Å²) in [4.78, 5) is 14.9. The van der Waals surface area contributed by atoms with Crippen LogP contribution in [0.5, 0.6) is 0 Å². The Bertz CT molecular complexity index is 1160. The fourth-order valence-electron chi connectivity index (χ4n) is 3.06. The first kappa shape index (κ1) is 21.2. The lowest BCUT2D eigenvalue weighted by molar-refractivity contribution is -0.116. The van der Waals surface area contributed by atoms with Gasteiger partial charge in [-0.15, -0.1) is 10.2 Å². The van der Waals surface area contributed by atoms with Crippen LogP contribution in [0.15, 0.2) is 88.5 Å². The molecule has 0 unspecified atom stereocenters. The number of nitrogens with zero attached hydrogens (tertiary/aromatic N) is 3. The SMILES string of the molecule is Cc1cccc(N(Cc2ccccc2)C(=O)CSc2nnc(-c3ccc(Cl)cc3)o2)c1. The molecule has 0 bridgehead atoms. The summed E-state index contributed by atoms with van der Waals surface area (Å²) in [6.45, 7) is 2.50. The van der Waals surface area contributed by atoms with Crippen molar-refractivity contribution in [1.29, 1.82) is 0 Å². The van der Waals surface area contributed by atoms with Gasteiger partial charge in [0, 0.05) is 16.3 Å². The van der Waals surface area contributed by atoms with Gasteiger partial charge >= 0.3 is 0 Å². The Kier molecular flexibility index (Phi) is 6.70. The van der Waals surface area contributed by atoms with E-state index < -0.39 is 0 Å². The van der Waals surface area contributed by atoms with E-state index in [0.717, 1.165) is 22.4 Å². The molecule has 3 aromatic carbocycles. The lowest BCUT2D eigenvalue weighted by Gasteiger charge is -2.23. The molecule has 0 N–H and O–H groups in total. The minimum absolute atomic E-state index is 0.0364. The van der Waals surface area contributed by atoms with Crippen molar-refractivity contribution < 1.29 is 9.21 Å². The maximum atomic E-state index is 13.1. The molecule has 1 heterocycles. The highest BCUT2D eigenvalue weighted by Gasteiger charge is 2.19. The minimum Gasteiger partial charge on any atom is -0.411 e. The van der Waals surface area contributed by atoms with Gasteiger partial charge < -0.3 is 9.32 Å². The Hall–Kier alpha value is -3.09. The number of aryl methyl sites for hydroxylation is 1. The molecule has 31 heavy (non-hydrogen) atoms. The summed E-state index contributed by atoms with van der Waals surface area (Å²) in [5.74, 6) is 0.542. The Labute approximate surface area is 190 Å². The van der Waals surface area contributed by atoms with Crippen LogP contribution in [0.2, 0.25) is 5.02 Å². The standard InChI is InChI=1S/C24H20ClN3O2S/c1-17-6-5-9-21(14-17)28(15-18-7-3-2-4-8-18)22(29)16-31-24-27-26-23(30-24)19-10-12-20(25)13-11-19/h2-14H,15-16H2,1H3. The van der Waals surface area contributed by atoms with Crippen LogP contribution < -0.4 is 4.90 Å². The Morgan fingerprint density at radius 2 is 1.77 bits per heavy atom. The summed E-state index contributed by atoms with van der Waals surface area (Å²) < 4.78 is 5.71. The highest BCUT2D eigenvalue weighted by atomic mass is 35.5. The summed E-state index contributed by atoms with van der Waals surface area (Å²) in [5, 5.41) is 9.12. The van der Waals surface area contributed by atoms with Crippen LogP contribution in [-0.2, 0) is 11.3 Å². The monoisotopic (exact) mass is 449 g/mol. The predicted octanol–water partition coefficient (Wildman–Crippen LogP) is 6.02. The molecule has 4 aromatic rings. The number of carbonyl (C=O) groups is 1. The Morgan fingerprint density at radius 1 is 1.00 bits per heavy atom. The van der Waals surface area contributed by atoms with Gasteiger partial charge in [-0.3, -0.25) is 4.79 Å². The van der Waals surface area contributed by atoms with Gasteiger partial charge in [0.1, 0.15) is 0 Å². The first-order chi connectivity index (χ1) is 15.1. The van der Waals surface area contributed by atoms with E-state index in [9.17, 15) is 4.79 Å². The highest BCUT2D eigenvalue weighted by molar-refractivity contribution is 7.99. The molecule has 0 saturated heterocycles. The second-order valence-electron chi connectivity index (χ2n) is 6.97. The van der Waals surface area contributed by atoms with E-state index in [-0.39, 0.29) is 11.7 Å². The highest BCUT2D eigenvalue weighted by Crippen LogP contribution is 2.26. The van der Waals surface area contributed by atoms with Gasteiger partial charge in [-0.05, 0) is 54.4 Å². The molecular weight excluding hydrogens is 430 g/mol. The maximum absolute atomic E-state index is 13.1. The smallest absolute Gasteiger partial charge is 0.277 e. The number of hydrogen-bond donors (Lipinski definition) is 0. The molecule has 0 aliphatic rings. The molecule has 5 nitrogen and oxygen atoms in total. The van der Waals surface area contributed by atoms with Crippen molar-refractivity contribution in [3.8, 4) is 11.5 Å². The summed E-state index contributed by atoms with van der Waals surface area (Å²) in [6, 6.07) is 25.0. The van der Waals surface area contributed by atoms with Gasteiger partial charge in [-0.25, -0.2) is 0 Å². The molecule has 0 fully saturated rings. The number of carbonyl (C=O) groups excluding carboxylic acids is 1. The van der Waals surface area contributed by atoms with Gasteiger partial charge in [0.25, 0.3) is 5.22 Å². The first-order valence-electron chi connectivity index (χ1n) is 9.72. The fraction of sp³-hybridized carbons (Fsp3) is 0.125. The summed E-state index contributed by atoms with van der Waals surface area (Å²) >= 11 is 7.15. The molecule has 7 heteroatoms. The lowest BCUT2D eigenvalue weighted by atomic mass is 10.1. The summed E-state index contributed by atoms with van der Waals surface area (Å²) in [5.41, 5.74) is 3.80. The molecule has 0 saturated carbocycles. The second-order valence-corrected chi connectivity index (χ2v) is 8.34. The van der Waals surface area contributed by atoms with Gasteiger partial charge in [0.05, 0.1) is 12.3 Å².